The second kappa shape index (κ2) is 8.43. The molecule has 1 fully saturated rings. The fourth-order valence-corrected chi connectivity index (χ4v) is 3.37. The highest BCUT2D eigenvalue weighted by Crippen LogP contribution is 2.32. The van der Waals surface area contributed by atoms with Crippen molar-refractivity contribution in [1.82, 2.24) is 15.5 Å². The first kappa shape index (κ1) is 17.9. The molecule has 138 valence electrons. The monoisotopic (exact) mass is 346 g/mol. The number of benzene rings is 1. The Kier molecular flexibility index (Phi) is 6.02. The zero-order valence-corrected chi connectivity index (χ0v) is 15.5. The molecular formula is C19H30N4O2. The van der Waals surface area contributed by atoms with E-state index in [0.717, 1.165) is 43.5 Å². The lowest BCUT2D eigenvalue weighted by Crippen LogP contribution is -2.50. The topological polar surface area (TPSA) is 58.1 Å². The summed E-state index contributed by atoms with van der Waals surface area (Å²) in [5.74, 6) is 2.57. The van der Waals surface area contributed by atoms with Crippen LogP contribution >= 0.6 is 0 Å². The van der Waals surface area contributed by atoms with E-state index in [9.17, 15) is 0 Å². The summed E-state index contributed by atoms with van der Waals surface area (Å²) < 4.78 is 10.8. The first-order chi connectivity index (χ1) is 12.2. The van der Waals surface area contributed by atoms with Crippen LogP contribution in [-0.4, -0.2) is 56.4 Å². The summed E-state index contributed by atoms with van der Waals surface area (Å²) in [5.41, 5.74) is 1.23. The van der Waals surface area contributed by atoms with E-state index >= 15 is 0 Å². The van der Waals surface area contributed by atoms with E-state index in [0.29, 0.717) is 18.9 Å². The molecule has 0 aliphatic carbocycles. The Morgan fingerprint density at radius 3 is 2.72 bits per heavy atom. The Morgan fingerprint density at radius 1 is 1.24 bits per heavy atom. The van der Waals surface area contributed by atoms with Crippen molar-refractivity contribution >= 4 is 5.96 Å². The van der Waals surface area contributed by atoms with Gasteiger partial charge in [0, 0.05) is 38.8 Å². The number of aliphatic imine (C=N–C) groups is 1. The minimum Gasteiger partial charge on any atom is -0.454 e. The van der Waals surface area contributed by atoms with Gasteiger partial charge in [0.2, 0.25) is 6.79 Å². The van der Waals surface area contributed by atoms with Crippen molar-refractivity contribution in [2.75, 3.05) is 33.5 Å². The summed E-state index contributed by atoms with van der Waals surface area (Å²) in [5, 5.41) is 6.98. The van der Waals surface area contributed by atoms with Crippen LogP contribution in [0, 0.1) is 0 Å². The third kappa shape index (κ3) is 4.78. The number of ether oxygens (including phenoxy) is 2. The molecule has 0 amide bonds. The van der Waals surface area contributed by atoms with Gasteiger partial charge in [0.05, 0.1) is 0 Å². The van der Waals surface area contributed by atoms with Gasteiger partial charge in [-0.1, -0.05) is 6.07 Å². The van der Waals surface area contributed by atoms with Gasteiger partial charge in [-0.05, 0) is 50.8 Å². The van der Waals surface area contributed by atoms with Crippen molar-refractivity contribution in [2.24, 2.45) is 4.99 Å². The van der Waals surface area contributed by atoms with Crippen molar-refractivity contribution in [1.29, 1.82) is 0 Å². The Bertz CT molecular complexity index is 595. The number of nitrogens with one attached hydrogen (secondary N) is 2. The second-order valence-electron chi connectivity index (χ2n) is 6.98. The van der Waals surface area contributed by atoms with Crippen molar-refractivity contribution in [3.05, 3.63) is 23.8 Å². The molecule has 0 saturated carbocycles. The van der Waals surface area contributed by atoms with Gasteiger partial charge in [-0.2, -0.15) is 0 Å². The van der Waals surface area contributed by atoms with Crippen molar-refractivity contribution in [3.63, 3.8) is 0 Å². The molecule has 2 N–H and O–H groups in total. The molecule has 0 unspecified atom stereocenters. The molecule has 1 aromatic carbocycles. The van der Waals surface area contributed by atoms with Crippen LogP contribution in [0.15, 0.2) is 23.2 Å². The maximum absolute atomic E-state index is 5.43. The highest BCUT2D eigenvalue weighted by molar-refractivity contribution is 5.79. The van der Waals surface area contributed by atoms with E-state index in [1.165, 1.54) is 18.4 Å². The maximum atomic E-state index is 5.43. The van der Waals surface area contributed by atoms with Gasteiger partial charge in [-0.15, -0.1) is 0 Å². The van der Waals surface area contributed by atoms with E-state index in [1.54, 1.807) is 0 Å². The van der Waals surface area contributed by atoms with Crippen molar-refractivity contribution in [2.45, 2.75) is 45.2 Å². The normalized spacial score (nSPS) is 18.6. The fourth-order valence-electron chi connectivity index (χ4n) is 3.37. The van der Waals surface area contributed by atoms with Gasteiger partial charge in [-0.3, -0.25) is 4.99 Å². The number of guanidine groups is 1. The van der Waals surface area contributed by atoms with Crippen molar-refractivity contribution in [3.8, 4) is 11.5 Å². The molecule has 6 nitrogen and oxygen atoms in total. The molecule has 0 spiro atoms. The third-order valence-corrected chi connectivity index (χ3v) is 4.97. The quantitative estimate of drug-likeness (QED) is 0.631. The molecule has 6 heteroatoms. The number of fused-ring (bicyclic) bond motifs is 1. The van der Waals surface area contributed by atoms with Crippen LogP contribution in [-0.2, 0) is 6.42 Å². The smallest absolute Gasteiger partial charge is 0.231 e. The molecule has 2 aliphatic heterocycles. The van der Waals surface area contributed by atoms with E-state index in [4.69, 9.17) is 9.47 Å². The largest absolute Gasteiger partial charge is 0.454 e. The average Bonchev–Trinajstić information content (AvgIpc) is 3.09. The van der Waals surface area contributed by atoms with Gasteiger partial charge in [0.1, 0.15) is 0 Å². The van der Waals surface area contributed by atoms with Crippen LogP contribution in [0.3, 0.4) is 0 Å². The molecule has 3 rings (SSSR count). The van der Waals surface area contributed by atoms with E-state index in [-0.39, 0.29) is 0 Å². The first-order valence-electron chi connectivity index (χ1n) is 9.25. The molecule has 2 aliphatic rings. The number of nitrogens with zero attached hydrogens (tertiary/aromatic N) is 2. The highest BCUT2D eigenvalue weighted by Gasteiger charge is 2.21. The van der Waals surface area contributed by atoms with E-state index < -0.39 is 0 Å². The Morgan fingerprint density at radius 2 is 2.00 bits per heavy atom. The van der Waals surface area contributed by atoms with Crippen molar-refractivity contribution < 1.29 is 9.47 Å². The molecule has 1 saturated heterocycles. The number of rotatable bonds is 5. The van der Waals surface area contributed by atoms with Crippen LogP contribution in [0.25, 0.3) is 0 Å². The molecule has 0 bridgehead atoms. The maximum Gasteiger partial charge on any atom is 0.231 e. The molecule has 2 heterocycles. The predicted molar refractivity (Wildman–Crippen MR) is 100 cm³/mol. The molecule has 1 aromatic rings. The van der Waals surface area contributed by atoms with E-state index in [1.807, 2.05) is 13.1 Å². The standard InChI is InChI=1S/C19H30N4O2/c1-14(2)23-10-7-16(8-11-23)22-19(20-3)21-9-6-15-4-5-17-18(12-15)25-13-24-17/h4-5,12,14,16H,6-11,13H2,1-3H3,(H2,20,21,22). The van der Waals surface area contributed by atoms with Gasteiger partial charge in [0.15, 0.2) is 17.5 Å². The first-order valence-corrected chi connectivity index (χ1v) is 9.25. The van der Waals surface area contributed by atoms with Crippen LogP contribution in [0.4, 0.5) is 0 Å². The minimum atomic E-state index is 0.323. The van der Waals surface area contributed by atoms with Gasteiger partial charge < -0.3 is 25.0 Å². The second-order valence-corrected chi connectivity index (χ2v) is 6.98. The zero-order chi connectivity index (χ0) is 17.6. The number of likely N-dealkylation sites (tertiary alicyclic amines) is 1. The summed E-state index contributed by atoms with van der Waals surface area (Å²) in [6, 6.07) is 7.27. The Hall–Kier alpha value is -1.95. The lowest BCUT2D eigenvalue weighted by molar-refractivity contribution is 0.167. The summed E-state index contributed by atoms with van der Waals surface area (Å²) in [7, 11) is 1.83. The van der Waals surface area contributed by atoms with Crippen LogP contribution in [0.1, 0.15) is 32.3 Å². The summed E-state index contributed by atoms with van der Waals surface area (Å²) >= 11 is 0. The fraction of sp³-hybridized carbons (Fsp3) is 0.632. The highest BCUT2D eigenvalue weighted by atomic mass is 16.7. The zero-order valence-electron chi connectivity index (χ0n) is 15.5. The SMILES string of the molecule is CN=C(NCCc1ccc2c(c1)OCO2)NC1CCN(C(C)C)CC1. The lowest BCUT2D eigenvalue weighted by atomic mass is 10.0. The average molecular weight is 346 g/mol. The number of hydrogen-bond acceptors (Lipinski definition) is 4. The number of piperidine rings is 1. The lowest BCUT2D eigenvalue weighted by Gasteiger charge is -2.35. The summed E-state index contributed by atoms with van der Waals surface area (Å²) in [6.07, 6.45) is 3.26. The molecular weight excluding hydrogens is 316 g/mol. The minimum absolute atomic E-state index is 0.323. The van der Waals surface area contributed by atoms with Gasteiger partial charge in [0.25, 0.3) is 0 Å². The number of hydrogen-bond donors (Lipinski definition) is 2. The Balaban J connectivity index is 1.41. The van der Waals surface area contributed by atoms with E-state index in [2.05, 4.69) is 46.5 Å². The third-order valence-electron chi connectivity index (χ3n) is 4.97. The van der Waals surface area contributed by atoms with Crippen LogP contribution in [0.2, 0.25) is 0 Å². The molecule has 0 aromatic heterocycles. The Labute approximate surface area is 150 Å². The van der Waals surface area contributed by atoms with Crippen LogP contribution in [0.5, 0.6) is 11.5 Å². The predicted octanol–water partition coefficient (Wildman–Crippen LogP) is 2.00. The van der Waals surface area contributed by atoms with Crippen LogP contribution < -0.4 is 20.1 Å². The summed E-state index contributed by atoms with van der Waals surface area (Å²) in [4.78, 5) is 6.90. The summed E-state index contributed by atoms with van der Waals surface area (Å²) in [6.45, 7) is 8.01. The molecule has 0 atom stereocenters. The molecule has 25 heavy (non-hydrogen) atoms. The van der Waals surface area contributed by atoms with Gasteiger partial charge >= 0.3 is 0 Å². The molecule has 0 radical (unpaired) electrons. The van der Waals surface area contributed by atoms with Gasteiger partial charge in [-0.25, -0.2) is 0 Å².